The van der Waals surface area contributed by atoms with Crippen LogP contribution in [0.4, 0.5) is 10.8 Å². The molecule has 0 aliphatic carbocycles. The van der Waals surface area contributed by atoms with E-state index < -0.39 is 5.97 Å². The van der Waals surface area contributed by atoms with Crippen molar-refractivity contribution >= 4 is 33.9 Å². The number of ketones is 1. The fourth-order valence-corrected chi connectivity index (χ4v) is 2.24. The molecule has 0 aliphatic rings. The number of rotatable bonds is 5. The van der Waals surface area contributed by atoms with Crippen LogP contribution in [0.15, 0.2) is 29.6 Å². The van der Waals surface area contributed by atoms with Crippen molar-refractivity contribution in [1.29, 1.82) is 0 Å². The number of carbonyl (C=O) groups excluding carboxylic acids is 1. The summed E-state index contributed by atoms with van der Waals surface area (Å²) in [6.45, 7) is 1.52. The van der Waals surface area contributed by atoms with Gasteiger partial charge in [0.15, 0.2) is 10.9 Å². The summed E-state index contributed by atoms with van der Waals surface area (Å²) in [7, 11) is 0. The molecule has 1 aromatic carbocycles. The number of hydrogen-bond donors (Lipinski definition) is 2. The number of carboxylic acid groups (broad SMARTS) is 1. The van der Waals surface area contributed by atoms with Crippen molar-refractivity contribution in [1.82, 2.24) is 4.98 Å². The van der Waals surface area contributed by atoms with E-state index in [1.807, 2.05) is 0 Å². The molecule has 2 rings (SSSR count). The van der Waals surface area contributed by atoms with E-state index in [1.165, 1.54) is 18.3 Å². The number of benzene rings is 1. The van der Waals surface area contributed by atoms with Crippen LogP contribution in [0.2, 0.25) is 0 Å². The van der Waals surface area contributed by atoms with Crippen LogP contribution >= 0.6 is 11.3 Å². The number of nitrogens with zero attached hydrogens (tertiary/aromatic N) is 1. The van der Waals surface area contributed by atoms with Gasteiger partial charge < -0.3 is 10.4 Å². The molecule has 0 aliphatic heterocycles. The fraction of sp³-hybridized carbons (Fsp3) is 0.154. The summed E-state index contributed by atoms with van der Waals surface area (Å²) in [6, 6.07) is 7.04. The summed E-state index contributed by atoms with van der Waals surface area (Å²) in [5.41, 5.74) is 1.98. The molecule has 98 valence electrons. The molecule has 0 unspecified atom stereocenters. The van der Waals surface area contributed by atoms with Gasteiger partial charge in [-0.2, -0.15) is 0 Å². The lowest BCUT2D eigenvalue weighted by atomic mass is 10.1. The van der Waals surface area contributed by atoms with Crippen molar-refractivity contribution in [2.45, 2.75) is 13.3 Å². The average Bonchev–Trinajstić information content (AvgIpc) is 2.76. The molecule has 0 bridgehead atoms. The number of anilines is 2. The van der Waals surface area contributed by atoms with Crippen molar-refractivity contribution < 1.29 is 14.7 Å². The van der Waals surface area contributed by atoms with Crippen LogP contribution in [0.5, 0.6) is 0 Å². The van der Waals surface area contributed by atoms with Crippen LogP contribution in [0, 0.1) is 0 Å². The zero-order valence-corrected chi connectivity index (χ0v) is 11.0. The molecule has 0 radical (unpaired) electrons. The van der Waals surface area contributed by atoms with E-state index in [-0.39, 0.29) is 12.2 Å². The van der Waals surface area contributed by atoms with Crippen LogP contribution in [0.1, 0.15) is 23.0 Å². The number of Topliss-reactive ketones (excluding diaryl/α,β-unsaturated/α-hetero) is 1. The summed E-state index contributed by atoms with van der Waals surface area (Å²) in [4.78, 5) is 25.8. The van der Waals surface area contributed by atoms with Crippen LogP contribution < -0.4 is 5.32 Å². The van der Waals surface area contributed by atoms with Crippen molar-refractivity contribution in [3.63, 3.8) is 0 Å². The van der Waals surface area contributed by atoms with E-state index in [0.29, 0.717) is 16.4 Å². The Morgan fingerprint density at radius 3 is 2.58 bits per heavy atom. The maximum absolute atomic E-state index is 11.1. The van der Waals surface area contributed by atoms with Crippen molar-refractivity contribution in [2.75, 3.05) is 5.32 Å². The van der Waals surface area contributed by atoms with E-state index in [2.05, 4.69) is 10.3 Å². The molecule has 5 nitrogen and oxygen atoms in total. The first-order valence-corrected chi connectivity index (χ1v) is 6.47. The Balaban J connectivity index is 2.06. The molecule has 0 atom stereocenters. The van der Waals surface area contributed by atoms with Gasteiger partial charge in [-0.1, -0.05) is 0 Å². The number of carboxylic acids is 1. The molecule has 1 aromatic heterocycles. The maximum atomic E-state index is 11.1. The van der Waals surface area contributed by atoms with Crippen LogP contribution in [0.3, 0.4) is 0 Å². The molecule has 1 heterocycles. The summed E-state index contributed by atoms with van der Waals surface area (Å²) in [5.74, 6) is -0.882. The van der Waals surface area contributed by atoms with Gasteiger partial charge in [0.05, 0.1) is 12.1 Å². The Morgan fingerprint density at radius 1 is 1.32 bits per heavy atom. The van der Waals surface area contributed by atoms with Crippen LogP contribution in [-0.4, -0.2) is 21.8 Å². The molecule has 0 spiro atoms. The molecule has 2 N–H and O–H groups in total. The first kappa shape index (κ1) is 13.2. The van der Waals surface area contributed by atoms with E-state index in [1.54, 1.807) is 29.6 Å². The van der Waals surface area contributed by atoms with Gasteiger partial charge in [0.25, 0.3) is 0 Å². The Labute approximate surface area is 113 Å². The first-order chi connectivity index (χ1) is 9.04. The normalized spacial score (nSPS) is 10.2. The van der Waals surface area contributed by atoms with Gasteiger partial charge in [0.2, 0.25) is 0 Å². The summed E-state index contributed by atoms with van der Waals surface area (Å²) < 4.78 is 0. The summed E-state index contributed by atoms with van der Waals surface area (Å²) >= 11 is 1.34. The SMILES string of the molecule is CC(=O)c1ccc(Nc2nc(CC(=O)O)cs2)cc1. The largest absolute Gasteiger partial charge is 0.481 e. The zero-order valence-electron chi connectivity index (χ0n) is 10.2. The number of carbonyl (C=O) groups is 2. The van der Waals surface area contributed by atoms with Gasteiger partial charge in [0.1, 0.15) is 0 Å². The Morgan fingerprint density at radius 2 is 2.00 bits per heavy atom. The number of nitrogens with one attached hydrogen (secondary N) is 1. The van der Waals surface area contributed by atoms with E-state index in [4.69, 9.17) is 5.11 Å². The molecule has 0 saturated carbocycles. The monoisotopic (exact) mass is 276 g/mol. The maximum Gasteiger partial charge on any atom is 0.309 e. The van der Waals surface area contributed by atoms with Crippen molar-refractivity contribution in [3.05, 3.63) is 40.9 Å². The highest BCUT2D eigenvalue weighted by Crippen LogP contribution is 2.21. The highest BCUT2D eigenvalue weighted by atomic mass is 32.1. The summed E-state index contributed by atoms with van der Waals surface area (Å²) in [6.07, 6.45) is -0.0819. The molecular formula is C13H12N2O3S. The molecule has 0 fully saturated rings. The van der Waals surface area contributed by atoms with Crippen molar-refractivity contribution in [3.8, 4) is 0 Å². The molecule has 0 saturated heterocycles. The topological polar surface area (TPSA) is 79.3 Å². The lowest BCUT2D eigenvalue weighted by Crippen LogP contribution is -2.00. The van der Waals surface area contributed by atoms with E-state index in [9.17, 15) is 9.59 Å². The van der Waals surface area contributed by atoms with Gasteiger partial charge in [-0.3, -0.25) is 9.59 Å². The second kappa shape index (κ2) is 5.62. The molecule has 0 amide bonds. The van der Waals surface area contributed by atoms with Gasteiger partial charge in [-0.05, 0) is 31.2 Å². The third kappa shape index (κ3) is 3.62. The van der Waals surface area contributed by atoms with E-state index in [0.717, 1.165) is 5.69 Å². The smallest absolute Gasteiger partial charge is 0.309 e. The Hall–Kier alpha value is -2.21. The van der Waals surface area contributed by atoms with Gasteiger partial charge in [0, 0.05) is 16.6 Å². The standard InChI is InChI=1S/C13H12N2O3S/c1-8(16)9-2-4-10(5-3-9)14-13-15-11(7-19-13)6-12(17)18/h2-5,7H,6H2,1H3,(H,14,15)(H,17,18). The van der Waals surface area contributed by atoms with Gasteiger partial charge in [-0.25, -0.2) is 4.98 Å². The van der Waals surface area contributed by atoms with Gasteiger partial charge in [-0.15, -0.1) is 11.3 Å². The van der Waals surface area contributed by atoms with E-state index >= 15 is 0 Å². The minimum Gasteiger partial charge on any atom is -0.481 e. The lowest BCUT2D eigenvalue weighted by molar-refractivity contribution is -0.136. The quantitative estimate of drug-likeness (QED) is 0.821. The van der Waals surface area contributed by atoms with Gasteiger partial charge >= 0.3 is 5.97 Å². The highest BCUT2D eigenvalue weighted by Gasteiger charge is 2.06. The molecule has 2 aromatic rings. The van der Waals surface area contributed by atoms with Crippen LogP contribution in [0.25, 0.3) is 0 Å². The van der Waals surface area contributed by atoms with Crippen LogP contribution in [-0.2, 0) is 11.2 Å². The lowest BCUT2D eigenvalue weighted by Gasteiger charge is -2.02. The zero-order chi connectivity index (χ0) is 13.8. The second-order valence-electron chi connectivity index (χ2n) is 3.97. The second-order valence-corrected chi connectivity index (χ2v) is 4.83. The molecule has 19 heavy (non-hydrogen) atoms. The fourth-order valence-electron chi connectivity index (χ4n) is 1.51. The predicted molar refractivity (Wildman–Crippen MR) is 73.2 cm³/mol. The highest BCUT2D eigenvalue weighted by molar-refractivity contribution is 7.13. The number of hydrogen-bond acceptors (Lipinski definition) is 5. The summed E-state index contributed by atoms with van der Waals surface area (Å²) in [5, 5.41) is 14.1. The minimum absolute atomic E-state index is 0.0181. The van der Waals surface area contributed by atoms with Crippen molar-refractivity contribution in [2.24, 2.45) is 0 Å². The Kier molecular flexibility index (Phi) is 3.91. The number of aromatic nitrogens is 1. The number of thiazole rings is 1. The molecule has 6 heteroatoms. The average molecular weight is 276 g/mol. The third-order valence-corrected chi connectivity index (χ3v) is 3.23. The minimum atomic E-state index is -0.900. The predicted octanol–water partition coefficient (Wildman–Crippen LogP) is 2.72. The Bertz CT molecular complexity index is 605. The third-order valence-electron chi connectivity index (χ3n) is 2.43. The molecular weight excluding hydrogens is 264 g/mol. The number of aliphatic carboxylic acids is 1. The first-order valence-electron chi connectivity index (χ1n) is 5.59.